The van der Waals surface area contributed by atoms with Crippen LogP contribution in [0.4, 0.5) is 0 Å². The molecular weight excluding hydrogens is 206 g/mol. The van der Waals surface area contributed by atoms with Crippen molar-refractivity contribution in [3.05, 3.63) is 21.8 Å². The second-order valence-corrected chi connectivity index (χ2v) is 3.50. The first-order valence-electron chi connectivity index (χ1n) is 3.71. The van der Waals surface area contributed by atoms with Gasteiger partial charge in [-0.1, -0.05) is 5.21 Å². The summed E-state index contributed by atoms with van der Waals surface area (Å²) < 4.78 is 1.27. The highest BCUT2D eigenvalue weighted by molar-refractivity contribution is 7.17. The van der Waals surface area contributed by atoms with Crippen molar-refractivity contribution in [1.82, 2.24) is 15.0 Å². The molecule has 1 N–H and O–H groups in total. The molecule has 0 amide bonds. The molecule has 0 radical (unpaired) electrons. The Morgan fingerprint density at radius 3 is 3.14 bits per heavy atom. The van der Waals surface area contributed by atoms with Crippen LogP contribution in [-0.4, -0.2) is 26.1 Å². The van der Waals surface area contributed by atoms with Gasteiger partial charge in [0, 0.05) is 0 Å². The van der Waals surface area contributed by atoms with E-state index in [1.165, 1.54) is 11.3 Å². The Balaban J connectivity index is 2.62. The van der Waals surface area contributed by atoms with E-state index in [1.54, 1.807) is 11.4 Å². The molecule has 0 unspecified atom stereocenters. The Hall–Kier alpha value is -1.76. The SMILES string of the molecule is O=C(O)Cn1nnc2ccsc2c1=O. The van der Waals surface area contributed by atoms with E-state index >= 15 is 0 Å². The molecule has 7 heteroatoms. The summed E-state index contributed by atoms with van der Waals surface area (Å²) in [6, 6.07) is 1.67. The van der Waals surface area contributed by atoms with Crippen LogP contribution in [0.25, 0.3) is 10.2 Å². The highest BCUT2D eigenvalue weighted by atomic mass is 32.1. The number of aliphatic carboxylic acids is 1. The molecule has 6 nitrogen and oxygen atoms in total. The first-order chi connectivity index (χ1) is 6.68. The van der Waals surface area contributed by atoms with E-state index < -0.39 is 18.1 Å². The lowest BCUT2D eigenvalue weighted by atomic mass is 10.5. The molecule has 2 aromatic heterocycles. The van der Waals surface area contributed by atoms with Gasteiger partial charge in [0.15, 0.2) is 0 Å². The van der Waals surface area contributed by atoms with Gasteiger partial charge in [0.05, 0.1) is 0 Å². The predicted molar refractivity (Wildman–Crippen MR) is 49.3 cm³/mol. The minimum Gasteiger partial charge on any atom is -0.480 e. The molecule has 0 aliphatic heterocycles. The quantitative estimate of drug-likeness (QED) is 0.752. The second-order valence-electron chi connectivity index (χ2n) is 2.58. The van der Waals surface area contributed by atoms with Crippen molar-refractivity contribution in [2.24, 2.45) is 0 Å². The van der Waals surface area contributed by atoms with Crippen LogP contribution in [-0.2, 0) is 11.3 Å². The molecule has 0 bridgehead atoms. The highest BCUT2D eigenvalue weighted by Gasteiger charge is 2.08. The average molecular weight is 211 g/mol. The topological polar surface area (TPSA) is 85.1 Å². The van der Waals surface area contributed by atoms with Gasteiger partial charge in [0.25, 0.3) is 5.56 Å². The maximum atomic E-state index is 11.5. The van der Waals surface area contributed by atoms with Gasteiger partial charge in [0.1, 0.15) is 16.8 Å². The molecule has 0 aliphatic carbocycles. The number of aromatic nitrogens is 3. The molecule has 2 heterocycles. The standard InChI is InChI=1S/C7H5N3O3S/c11-5(12)3-10-7(13)6-4(8-9-10)1-2-14-6/h1-2H,3H2,(H,11,12). The number of thiophene rings is 1. The molecule has 2 rings (SSSR count). The number of hydrogen-bond acceptors (Lipinski definition) is 5. The molecule has 0 aromatic carbocycles. The van der Waals surface area contributed by atoms with Crippen LogP contribution < -0.4 is 5.56 Å². The van der Waals surface area contributed by atoms with E-state index in [1.807, 2.05) is 0 Å². The minimum atomic E-state index is -1.11. The van der Waals surface area contributed by atoms with Crippen LogP contribution in [0.2, 0.25) is 0 Å². The van der Waals surface area contributed by atoms with Crippen molar-refractivity contribution in [2.75, 3.05) is 0 Å². The van der Waals surface area contributed by atoms with Crippen molar-refractivity contribution in [3.63, 3.8) is 0 Å². The van der Waals surface area contributed by atoms with E-state index in [2.05, 4.69) is 10.3 Å². The van der Waals surface area contributed by atoms with Crippen molar-refractivity contribution < 1.29 is 9.90 Å². The van der Waals surface area contributed by atoms with Crippen molar-refractivity contribution in [2.45, 2.75) is 6.54 Å². The van der Waals surface area contributed by atoms with Gasteiger partial charge in [-0.25, -0.2) is 0 Å². The number of carboxylic acid groups (broad SMARTS) is 1. The first kappa shape index (κ1) is 8.82. The maximum absolute atomic E-state index is 11.5. The van der Waals surface area contributed by atoms with Crippen LogP contribution in [0.1, 0.15) is 0 Å². The Bertz CT molecular complexity index is 544. The monoisotopic (exact) mass is 211 g/mol. The number of hydrogen-bond donors (Lipinski definition) is 1. The van der Waals surface area contributed by atoms with Crippen LogP contribution in [0.5, 0.6) is 0 Å². The molecule has 0 spiro atoms. The summed E-state index contributed by atoms with van der Waals surface area (Å²) in [4.78, 5) is 21.9. The maximum Gasteiger partial charge on any atom is 0.325 e. The van der Waals surface area contributed by atoms with E-state index in [0.717, 1.165) is 4.68 Å². The molecule has 2 aromatic rings. The van der Waals surface area contributed by atoms with Crippen molar-refractivity contribution >= 4 is 27.5 Å². The van der Waals surface area contributed by atoms with Gasteiger partial charge < -0.3 is 5.11 Å². The lowest BCUT2D eigenvalue weighted by Gasteiger charge is -1.97. The molecule has 0 saturated heterocycles. The summed E-state index contributed by atoms with van der Waals surface area (Å²) in [5.74, 6) is -1.11. The minimum absolute atomic E-state index is 0.410. The van der Waals surface area contributed by atoms with E-state index in [0.29, 0.717) is 10.2 Å². The van der Waals surface area contributed by atoms with Gasteiger partial charge in [-0.3, -0.25) is 9.59 Å². The smallest absolute Gasteiger partial charge is 0.325 e. The Labute approximate surface area is 81.4 Å². The number of nitrogens with zero attached hydrogens (tertiary/aromatic N) is 3. The van der Waals surface area contributed by atoms with Gasteiger partial charge in [-0.05, 0) is 11.4 Å². The van der Waals surface area contributed by atoms with E-state index in [9.17, 15) is 9.59 Å². The summed E-state index contributed by atoms with van der Waals surface area (Å²) in [5.41, 5.74) is 0.0917. The Kier molecular flexibility index (Phi) is 2.01. The third-order valence-electron chi connectivity index (χ3n) is 1.62. The molecular formula is C7H5N3O3S. The predicted octanol–water partition coefficient (Wildman–Crippen LogP) is -0.0624. The fraction of sp³-hybridized carbons (Fsp3) is 0.143. The van der Waals surface area contributed by atoms with Crippen LogP contribution >= 0.6 is 11.3 Å². The van der Waals surface area contributed by atoms with E-state index in [4.69, 9.17) is 5.11 Å². The zero-order chi connectivity index (χ0) is 10.1. The summed E-state index contributed by atoms with van der Waals surface area (Å²) >= 11 is 1.23. The number of rotatable bonds is 2. The normalized spacial score (nSPS) is 10.6. The molecule has 0 atom stereocenters. The molecule has 72 valence electrons. The summed E-state index contributed by atoms with van der Waals surface area (Å²) in [6.45, 7) is -0.459. The fourth-order valence-corrected chi connectivity index (χ4v) is 1.80. The molecule has 0 fully saturated rings. The van der Waals surface area contributed by atoms with Crippen LogP contribution in [0.15, 0.2) is 16.2 Å². The zero-order valence-electron chi connectivity index (χ0n) is 6.88. The second kappa shape index (κ2) is 3.18. The van der Waals surface area contributed by atoms with Crippen molar-refractivity contribution in [1.29, 1.82) is 0 Å². The third kappa shape index (κ3) is 1.37. The number of carbonyl (C=O) groups is 1. The molecule has 0 aliphatic rings. The number of carboxylic acids is 1. The first-order valence-corrected chi connectivity index (χ1v) is 4.59. The average Bonchev–Trinajstić information content (AvgIpc) is 2.57. The lowest BCUT2D eigenvalue weighted by molar-refractivity contribution is -0.138. The van der Waals surface area contributed by atoms with Gasteiger partial charge in [-0.2, -0.15) is 4.68 Å². The number of fused-ring (bicyclic) bond motifs is 1. The summed E-state index contributed by atoms with van der Waals surface area (Å²) in [5, 5.41) is 17.4. The van der Waals surface area contributed by atoms with Gasteiger partial charge in [0.2, 0.25) is 0 Å². The van der Waals surface area contributed by atoms with Crippen LogP contribution in [0.3, 0.4) is 0 Å². The van der Waals surface area contributed by atoms with Crippen molar-refractivity contribution in [3.8, 4) is 0 Å². The fourth-order valence-electron chi connectivity index (χ4n) is 1.03. The van der Waals surface area contributed by atoms with Crippen LogP contribution in [0, 0.1) is 0 Å². The summed E-state index contributed by atoms with van der Waals surface area (Å²) in [6.07, 6.45) is 0. The summed E-state index contributed by atoms with van der Waals surface area (Å²) in [7, 11) is 0. The third-order valence-corrected chi connectivity index (χ3v) is 2.51. The van der Waals surface area contributed by atoms with Gasteiger partial charge in [-0.15, -0.1) is 16.4 Å². The molecule has 14 heavy (non-hydrogen) atoms. The Morgan fingerprint density at radius 2 is 2.43 bits per heavy atom. The van der Waals surface area contributed by atoms with E-state index in [-0.39, 0.29) is 0 Å². The largest absolute Gasteiger partial charge is 0.480 e. The molecule has 0 saturated carbocycles. The lowest BCUT2D eigenvalue weighted by Crippen LogP contribution is -2.26. The van der Waals surface area contributed by atoms with Gasteiger partial charge >= 0.3 is 5.97 Å². The Morgan fingerprint density at radius 1 is 1.64 bits per heavy atom. The zero-order valence-corrected chi connectivity index (χ0v) is 7.69. The highest BCUT2D eigenvalue weighted by Crippen LogP contribution is 2.11.